The van der Waals surface area contributed by atoms with Gasteiger partial charge < -0.3 is 5.73 Å². The zero-order valence-corrected chi connectivity index (χ0v) is 10.4. The maximum Gasteiger partial charge on any atom is 0.154 e. The number of thiazole rings is 1. The molecule has 2 nitrogen and oxygen atoms in total. The van der Waals surface area contributed by atoms with Gasteiger partial charge >= 0.3 is 0 Å². The van der Waals surface area contributed by atoms with Gasteiger partial charge in [0.05, 0.1) is 4.90 Å². The summed E-state index contributed by atoms with van der Waals surface area (Å²) in [5.41, 5.74) is 7.21. The molecule has 2 rings (SSSR count). The normalized spacial score (nSPS) is 10.7. The topological polar surface area (TPSA) is 38.9 Å². The van der Waals surface area contributed by atoms with Crippen molar-refractivity contribution in [1.82, 2.24) is 4.98 Å². The molecule has 0 aliphatic rings. The van der Waals surface area contributed by atoms with Gasteiger partial charge in [0, 0.05) is 17.6 Å². The first-order valence-electron chi connectivity index (χ1n) is 4.77. The zero-order chi connectivity index (χ0) is 11.5. The molecule has 0 atom stereocenters. The molecule has 0 radical (unpaired) electrons. The number of aryl methyl sites for hydroxylation is 1. The molecule has 0 spiro atoms. The lowest BCUT2D eigenvalue weighted by Gasteiger charge is -2.02. The number of hydrogen-bond acceptors (Lipinski definition) is 4. The van der Waals surface area contributed by atoms with E-state index in [0.29, 0.717) is 11.4 Å². The predicted molar refractivity (Wildman–Crippen MR) is 65.3 cm³/mol. The summed E-state index contributed by atoms with van der Waals surface area (Å²) in [7, 11) is 0. The second kappa shape index (κ2) is 4.95. The fourth-order valence-corrected chi connectivity index (χ4v) is 3.02. The molecule has 2 aromatic rings. The highest BCUT2D eigenvalue weighted by Crippen LogP contribution is 2.32. The van der Waals surface area contributed by atoms with Crippen LogP contribution in [0.25, 0.3) is 0 Å². The van der Waals surface area contributed by atoms with E-state index in [-0.39, 0.29) is 5.82 Å². The summed E-state index contributed by atoms with van der Waals surface area (Å²) in [4.78, 5) is 4.87. The second-order valence-electron chi connectivity index (χ2n) is 3.33. The molecule has 84 valence electrons. The summed E-state index contributed by atoms with van der Waals surface area (Å²) in [5.74, 6) is -0.235. The number of nitrogens with zero attached hydrogens (tertiary/aromatic N) is 1. The number of hydrogen-bond donors (Lipinski definition) is 1. The van der Waals surface area contributed by atoms with Crippen molar-refractivity contribution in [3.05, 3.63) is 40.7 Å². The monoisotopic (exact) mass is 254 g/mol. The van der Waals surface area contributed by atoms with Crippen molar-refractivity contribution < 1.29 is 4.39 Å². The first-order chi connectivity index (χ1) is 7.69. The van der Waals surface area contributed by atoms with Crippen molar-refractivity contribution in [3.8, 4) is 0 Å². The Morgan fingerprint density at radius 3 is 2.88 bits per heavy atom. The van der Waals surface area contributed by atoms with Crippen molar-refractivity contribution in [2.75, 3.05) is 0 Å². The maximum absolute atomic E-state index is 13.6. The van der Waals surface area contributed by atoms with E-state index in [4.69, 9.17) is 5.73 Å². The van der Waals surface area contributed by atoms with Crippen molar-refractivity contribution in [1.29, 1.82) is 0 Å². The highest BCUT2D eigenvalue weighted by molar-refractivity contribution is 8.01. The van der Waals surface area contributed by atoms with Crippen LogP contribution >= 0.6 is 23.1 Å². The molecule has 16 heavy (non-hydrogen) atoms. The third-order valence-electron chi connectivity index (χ3n) is 2.03. The average Bonchev–Trinajstić information content (AvgIpc) is 2.67. The highest BCUT2D eigenvalue weighted by Gasteiger charge is 2.07. The Bertz CT molecular complexity index is 496. The van der Waals surface area contributed by atoms with Crippen molar-refractivity contribution in [3.63, 3.8) is 0 Å². The summed E-state index contributed by atoms with van der Waals surface area (Å²) in [6.07, 6.45) is 0. The van der Waals surface area contributed by atoms with Gasteiger partial charge in [-0.25, -0.2) is 9.37 Å². The number of nitrogens with two attached hydrogens (primary N) is 1. The summed E-state index contributed by atoms with van der Waals surface area (Å²) >= 11 is 2.87. The van der Waals surface area contributed by atoms with E-state index in [2.05, 4.69) is 4.98 Å². The van der Waals surface area contributed by atoms with Crippen LogP contribution in [0.4, 0.5) is 4.39 Å². The molecule has 0 bridgehead atoms. The number of benzene rings is 1. The molecule has 0 unspecified atom stereocenters. The van der Waals surface area contributed by atoms with Gasteiger partial charge in [-0.1, -0.05) is 17.8 Å². The van der Waals surface area contributed by atoms with Gasteiger partial charge in [0.2, 0.25) is 0 Å². The Kier molecular flexibility index (Phi) is 3.58. The molecule has 5 heteroatoms. The quantitative estimate of drug-likeness (QED) is 0.914. The van der Waals surface area contributed by atoms with E-state index in [1.54, 1.807) is 6.07 Å². The Hall–Kier alpha value is -0.910. The van der Waals surface area contributed by atoms with E-state index in [0.717, 1.165) is 15.6 Å². The lowest BCUT2D eigenvalue weighted by atomic mass is 10.2. The lowest BCUT2D eigenvalue weighted by Crippen LogP contribution is -1.96. The van der Waals surface area contributed by atoms with Crippen LogP contribution in [-0.4, -0.2) is 4.98 Å². The standard InChI is InChI=1S/C11H11FN2S2/c1-7-6-15-11(14-7)16-10-3-2-8(5-13)4-9(10)12/h2-4,6H,5,13H2,1H3. The molecule has 2 N–H and O–H groups in total. The van der Waals surface area contributed by atoms with E-state index < -0.39 is 0 Å². The first-order valence-corrected chi connectivity index (χ1v) is 6.47. The van der Waals surface area contributed by atoms with Gasteiger partial charge in [-0.05, 0) is 24.6 Å². The SMILES string of the molecule is Cc1csc(Sc2ccc(CN)cc2F)n1. The van der Waals surface area contributed by atoms with E-state index in [1.165, 1.54) is 29.2 Å². The molecular weight excluding hydrogens is 243 g/mol. The first kappa shape index (κ1) is 11.6. The van der Waals surface area contributed by atoms with Crippen LogP contribution < -0.4 is 5.73 Å². The lowest BCUT2D eigenvalue weighted by molar-refractivity contribution is 0.599. The Morgan fingerprint density at radius 2 is 2.31 bits per heavy atom. The van der Waals surface area contributed by atoms with Gasteiger partial charge in [0.25, 0.3) is 0 Å². The molecule has 1 heterocycles. The second-order valence-corrected chi connectivity index (χ2v) is 5.47. The third kappa shape index (κ3) is 2.61. The summed E-state index contributed by atoms with van der Waals surface area (Å²) < 4.78 is 14.5. The van der Waals surface area contributed by atoms with Crippen LogP contribution in [0.15, 0.2) is 32.8 Å². The molecule has 0 amide bonds. The Morgan fingerprint density at radius 1 is 1.50 bits per heavy atom. The van der Waals surface area contributed by atoms with Crippen LogP contribution in [0.2, 0.25) is 0 Å². The molecule has 0 fully saturated rings. The van der Waals surface area contributed by atoms with Crippen molar-refractivity contribution in [2.45, 2.75) is 22.7 Å². The largest absolute Gasteiger partial charge is 0.326 e. The van der Waals surface area contributed by atoms with Crippen LogP contribution in [0.1, 0.15) is 11.3 Å². The smallest absolute Gasteiger partial charge is 0.154 e. The minimum Gasteiger partial charge on any atom is -0.326 e. The molecule has 0 aliphatic heterocycles. The molecule has 1 aromatic heterocycles. The van der Waals surface area contributed by atoms with Gasteiger partial charge in [-0.3, -0.25) is 0 Å². The highest BCUT2D eigenvalue weighted by atomic mass is 32.2. The van der Waals surface area contributed by atoms with Crippen molar-refractivity contribution >= 4 is 23.1 Å². The third-order valence-corrected chi connectivity index (χ3v) is 4.13. The molecule has 0 saturated carbocycles. The van der Waals surface area contributed by atoms with Gasteiger partial charge in [0.1, 0.15) is 5.82 Å². The minimum atomic E-state index is -0.235. The molecular formula is C11H11FN2S2. The Labute approximate surface area is 102 Å². The molecule has 0 aliphatic carbocycles. The van der Waals surface area contributed by atoms with Gasteiger partial charge in [-0.15, -0.1) is 11.3 Å². The summed E-state index contributed by atoms with van der Waals surface area (Å²) in [6.45, 7) is 2.28. The number of halogens is 1. The number of rotatable bonds is 3. The molecule has 1 aromatic carbocycles. The van der Waals surface area contributed by atoms with Gasteiger partial charge in [0.15, 0.2) is 4.34 Å². The summed E-state index contributed by atoms with van der Waals surface area (Å²) in [6, 6.07) is 5.06. The Balaban J connectivity index is 2.21. The van der Waals surface area contributed by atoms with E-state index >= 15 is 0 Å². The number of aromatic nitrogens is 1. The van der Waals surface area contributed by atoms with Gasteiger partial charge in [-0.2, -0.15) is 0 Å². The molecule has 0 saturated heterocycles. The van der Waals surface area contributed by atoms with E-state index in [9.17, 15) is 4.39 Å². The average molecular weight is 254 g/mol. The van der Waals surface area contributed by atoms with Crippen LogP contribution in [0.5, 0.6) is 0 Å². The summed E-state index contributed by atoms with van der Waals surface area (Å²) in [5, 5.41) is 1.95. The van der Waals surface area contributed by atoms with Crippen LogP contribution in [0, 0.1) is 12.7 Å². The maximum atomic E-state index is 13.6. The zero-order valence-electron chi connectivity index (χ0n) is 8.74. The van der Waals surface area contributed by atoms with Crippen LogP contribution in [0.3, 0.4) is 0 Å². The van der Waals surface area contributed by atoms with E-state index in [1.807, 2.05) is 18.4 Å². The van der Waals surface area contributed by atoms with Crippen molar-refractivity contribution in [2.24, 2.45) is 5.73 Å². The predicted octanol–water partition coefficient (Wildman–Crippen LogP) is 3.20. The fraction of sp³-hybridized carbons (Fsp3) is 0.182. The van der Waals surface area contributed by atoms with Crippen LogP contribution in [-0.2, 0) is 6.54 Å². The minimum absolute atomic E-state index is 0.235. The fourth-order valence-electron chi connectivity index (χ4n) is 1.23.